The third-order valence-corrected chi connectivity index (χ3v) is 1.82. The first-order chi connectivity index (χ1) is 7.85. The van der Waals surface area contributed by atoms with E-state index in [1.807, 2.05) is 0 Å². The Morgan fingerprint density at radius 1 is 1.59 bits per heavy atom. The number of rotatable bonds is 3. The fourth-order valence-corrected chi connectivity index (χ4v) is 1.13. The van der Waals surface area contributed by atoms with Gasteiger partial charge in [0.2, 0.25) is 0 Å². The van der Waals surface area contributed by atoms with Crippen molar-refractivity contribution in [2.24, 2.45) is 0 Å². The Hall–Kier alpha value is -1.85. The second-order valence-electron chi connectivity index (χ2n) is 4.54. The van der Waals surface area contributed by atoms with Crippen LogP contribution in [0.5, 0.6) is 0 Å². The molecule has 6 heteroatoms. The minimum atomic E-state index is -0.705. The third-order valence-electron chi connectivity index (χ3n) is 1.82. The highest BCUT2D eigenvalue weighted by molar-refractivity contribution is 5.90. The monoisotopic (exact) mass is 240 g/mol. The molecule has 0 saturated carbocycles. The Bertz CT molecular complexity index is 381. The molecule has 1 aromatic heterocycles. The van der Waals surface area contributed by atoms with E-state index in [0.717, 1.165) is 4.90 Å². The molecule has 0 fully saturated rings. The van der Waals surface area contributed by atoms with E-state index < -0.39 is 17.7 Å². The number of ether oxygens (including phenoxy) is 1. The van der Waals surface area contributed by atoms with Crippen LogP contribution >= 0.6 is 0 Å². The number of carbonyl (C=O) groups is 2. The Balaban J connectivity index is 2.92. The smallest absolute Gasteiger partial charge is 0.419 e. The highest BCUT2D eigenvalue weighted by Crippen LogP contribution is 2.18. The Morgan fingerprint density at radius 2 is 2.24 bits per heavy atom. The summed E-state index contributed by atoms with van der Waals surface area (Å²) in [4.78, 5) is 27.6. The van der Waals surface area contributed by atoms with Crippen LogP contribution in [-0.2, 0) is 9.53 Å². The average molecular weight is 240 g/mol. The quantitative estimate of drug-likeness (QED) is 0.755. The molecule has 0 aliphatic carbocycles. The summed E-state index contributed by atoms with van der Waals surface area (Å²) in [6.45, 7) is 6.78. The molecule has 0 bridgehead atoms. The second-order valence-corrected chi connectivity index (χ2v) is 4.54. The van der Waals surface area contributed by atoms with Crippen LogP contribution in [0.3, 0.4) is 0 Å². The van der Waals surface area contributed by atoms with Crippen molar-refractivity contribution in [1.29, 1.82) is 0 Å². The topological polar surface area (TPSA) is 72.6 Å². The molecule has 6 nitrogen and oxygen atoms in total. The zero-order chi connectivity index (χ0) is 13.1. The molecular formula is C11H16N2O4. The van der Waals surface area contributed by atoms with E-state index >= 15 is 0 Å². The summed E-state index contributed by atoms with van der Waals surface area (Å²) in [6, 6.07) is -0.664. The summed E-state index contributed by atoms with van der Waals surface area (Å²) in [5.41, 5.74) is -0.648. The largest absolute Gasteiger partial charge is 0.443 e. The van der Waals surface area contributed by atoms with Crippen LogP contribution in [0.25, 0.3) is 0 Å². The molecular weight excluding hydrogens is 224 g/mol. The summed E-state index contributed by atoms with van der Waals surface area (Å²) in [5, 5.41) is 0. The van der Waals surface area contributed by atoms with Gasteiger partial charge >= 0.3 is 12.1 Å². The van der Waals surface area contributed by atoms with Crippen molar-refractivity contribution in [2.45, 2.75) is 39.3 Å². The fraction of sp³-hybridized carbons (Fsp3) is 0.545. The van der Waals surface area contributed by atoms with E-state index in [9.17, 15) is 9.59 Å². The van der Waals surface area contributed by atoms with Gasteiger partial charge < -0.3 is 13.9 Å². The Morgan fingerprint density at radius 3 is 2.65 bits per heavy atom. The molecule has 0 N–H and O–H groups in total. The minimum Gasteiger partial charge on any atom is -0.443 e. The average Bonchev–Trinajstić information content (AvgIpc) is 2.68. The number of anilines is 1. The lowest BCUT2D eigenvalue weighted by Gasteiger charge is -2.26. The lowest BCUT2D eigenvalue weighted by molar-refractivity contribution is -0.108. The van der Waals surface area contributed by atoms with Crippen molar-refractivity contribution in [3.8, 4) is 0 Å². The predicted octanol–water partition coefficient (Wildman–Crippen LogP) is 2.00. The van der Waals surface area contributed by atoms with Gasteiger partial charge in [0, 0.05) is 0 Å². The van der Waals surface area contributed by atoms with Crippen LogP contribution in [0.4, 0.5) is 10.8 Å². The number of nitrogens with zero attached hydrogens (tertiary/aromatic N) is 2. The molecule has 1 amide bonds. The Labute approximate surface area is 99.6 Å². The van der Waals surface area contributed by atoms with E-state index in [0.29, 0.717) is 6.29 Å². The van der Waals surface area contributed by atoms with Gasteiger partial charge in [0.05, 0.1) is 12.2 Å². The van der Waals surface area contributed by atoms with Gasteiger partial charge in [0.1, 0.15) is 18.2 Å². The first kappa shape index (κ1) is 13.2. The predicted molar refractivity (Wildman–Crippen MR) is 60.7 cm³/mol. The standard InChI is InChI=1S/C11H16N2O4/c1-8(7-14)13(9-12-5-6-16-9)10(15)17-11(2,3)4/h5-8H,1-4H3. The molecule has 0 spiro atoms. The molecule has 94 valence electrons. The zero-order valence-electron chi connectivity index (χ0n) is 10.3. The van der Waals surface area contributed by atoms with Gasteiger partial charge in [0.15, 0.2) is 0 Å². The number of amides is 1. The number of aromatic nitrogens is 1. The summed E-state index contributed by atoms with van der Waals surface area (Å²) < 4.78 is 10.2. The van der Waals surface area contributed by atoms with Crippen molar-refractivity contribution in [3.63, 3.8) is 0 Å². The summed E-state index contributed by atoms with van der Waals surface area (Å²) in [5.74, 6) is 0. The molecule has 17 heavy (non-hydrogen) atoms. The van der Waals surface area contributed by atoms with E-state index in [2.05, 4.69) is 4.98 Å². The summed E-state index contributed by atoms with van der Waals surface area (Å²) >= 11 is 0. The van der Waals surface area contributed by atoms with Gasteiger partial charge in [-0.15, -0.1) is 0 Å². The molecule has 1 rings (SSSR count). The van der Waals surface area contributed by atoms with Crippen LogP contribution < -0.4 is 4.90 Å². The summed E-state index contributed by atoms with van der Waals surface area (Å²) in [7, 11) is 0. The van der Waals surface area contributed by atoms with Gasteiger partial charge in [-0.25, -0.2) is 14.7 Å². The number of hydrogen-bond donors (Lipinski definition) is 0. The molecule has 1 atom stereocenters. The van der Waals surface area contributed by atoms with Crippen molar-refractivity contribution in [1.82, 2.24) is 4.98 Å². The van der Waals surface area contributed by atoms with E-state index in [-0.39, 0.29) is 6.01 Å². The SMILES string of the molecule is CC(C=O)N(C(=O)OC(C)(C)C)c1ncco1. The van der Waals surface area contributed by atoms with Crippen LogP contribution in [0.15, 0.2) is 16.9 Å². The lowest BCUT2D eigenvalue weighted by Crippen LogP contribution is -2.43. The molecule has 0 aromatic carbocycles. The number of carbonyl (C=O) groups excluding carboxylic acids is 2. The highest BCUT2D eigenvalue weighted by Gasteiger charge is 2.29. The van der Waals surface area contributed by atoms with Gasteiger partial charge in [0.25, 0.3) is 0 Å². The summed E-state index contributed by atoms with van der Waals surface area (Å²) in [6.07, 6.45) is 2.67. The molecule has 0 saturated heterocycles. The zero-order valence-corrected chi connectivity index (χ0v) is 10.3. The number of aldehydes is 1. The third kappa shape index (κ3) is 3.58. The number of hydrogen-bond acceptors (Lipinski definition) is 5. The fourth-order valence-electron chi connectivity index (χ4n) is 1.13. The molecule has 1 heterocycles. The van der Waals surface area contributed by atoms with Crippen molar-refractivity contribution >= 4 is 18.4 Å². The van der Waals surface area contributed by atoms with E-state index in [1.54, 1.807) is 27.7 Å². The number of oxazole rings is 1. The molecule has 1 unspecified atom stereocenters. The van der Waals surface area contributed by atoms with Crippen molar-refractivity contribution < 1.29 is 18.7 Å². The maximum Gasteiger partial charge on any atom is 0.419 e. The van der Waals surface area contributed by atoms with Gasteiger partial charge in [-0.1, -0.05) is 0 Å². The highest BCUT2D eigenvalue weighted by atomic mass is 16.6. The maximum absolute atomic E-state index is 11.9. The molecule has 0 aliphatic heterocycles. The van der Waals surface area contributed by atoms with Crippen LogP contribution in [0.1, 0.15) is 27.7 Å². The van der Waals surface area contributed by atoms with Gasteiger partial charge in [-0.2, -0.15) is 0 Å². The van der Waals surface area contributed by atoms with Crippen LogP contribution in [0, 0.1) is 0 Å². The normalized spacial score (nSPS) is 12.9. The van der Waals surface area contributed by atoms with E-state index in [1.165, 1.54) is 12.5 Å². The van der Waals surface area contributed by atoms with E-state index in [4.69, 9.17) is 9.15 Å². The molecule has 0 aliphatic rings. The minimum absolute atomic E-state index is 0.0406. The first-order valence-corrected chi connectivity index (χ1v) is 5.22. The van der Waals surface area contributed by atoms with Gasteiger partial charge in [-0.3, -0.25) is 0 Å². The maximum atomic E-state index is 11.9. The van der Waals surface area contributed by atoms with Crippen LogP contribution in [0.2, 0.25) is 0 Å². The van der Waals surface area contributed by atoms with Crippen molar-refractivity contribution in [3.05, 3.63) is 12.5 Å². The van der Waals surface area contributed by atoms with Crippen molar-refractivity contribution in [2.75, 3.05) is 4.90 Å². The molecule has 0 radical (unpaired) electrons. The molecule has 1 aromatic rings. The van der Waals surface area contributed by atoms with Gasteiger partial charge in [-0.05, 0) is 27.7 Å². The second kappa shape index (κ2) is 4.99. The first-order valence-electron chi connectivity index (χ1n) is 5.22. The van der Waals surface area contributed by atoms with Crippen LogP contribution in [-0.4, -0.2) is 29.0 Å². The lowest BCUT2D eigenvalue weighted by atomic mass is 10.2. The Kier molecular flexibility index (Phi) is 3.88.